The summed E-state index contributed by atoms with van der Waals surface area (Å²) in [5.74, 6) is -0.0974. The number of carboxylic acids is 1. The van der Waals surface area contributed by atoms with Crippen LogP contribution in [0.5, 0.6) is 5.75 Å². The molecule has 0 aliphatic carbocycles. The molecule has 4 N–H and O–H groups in total. The number of hydrogen-bond donors (Lipinski definition) is 3. The van der Waals surface area contributed by atoms with E-state index in [1.54, 1.807) is 24.3 Å². The third-order valence-electron chi connectivity index (χ3n) is 5.92. The lowest BCUT2D eigenvalue weighted by atomic mass is 9.99. The number of rotatable bonds is 11. The Morgan fingerprint density at radius 3 is 2.26 bits per heavy atom. The normalized spacial score (nSPS) is 12.9. The molecule has 9 nitrogen and oxygen atoms in total. The smallest absolute Gasteiger partial charge is 0.322 e. The van der Waals surface area contributed by atoms with Crippen LogP contribution in [0.25, 0.3) is 11.1 Å². The Hall–Kier alpha value is -4.28. The molecule has 0 saturated carbocycles. The summed E-state index contributed by atoms with van der Waals surface area (Å²) in [4.78, 5) is 17.4. The first-order valence-electron chi connectivity index (χ1n) is 11.9. The number of nitrogens with zero attached hydrogens (tertiary/aromatic N) is 2. The number of aromatic nitrogens is 2. The van der Waals surface area contributed by atoms with Crippen molar-refractivity contribution in [3.63, 3.8) is 0 Å². The number of anilines is 1. The molecule has 0 bridgehead atoms. The van der Waals surface area contributed by atoms with Gasteiger partial charge in [-0.1, -0.05) is 48.5 Å². The third kappa shape index (κ3) is 5.82. The fraction of sp³-hybridized carbons (Fsp3) is 0.179. The maximum Gasteiger partial charge on any atom is 0.322 e. The van der Waals surface area contributed by atoms with Gasteiger partial charge in [0.25, 0.3) is 0 Å². The summed E-state index contributed by atoms with van der Waals surface area (Å²) in [6.45, 7) is 2.13. The molecule has 0 spiro atoms. The first kappa shape index (κ1) is 26.8. The van der Waals surface area contributed by atoms with Gasteiger partial charge in [-0.3, -0.25) is 4.79 Å². The van der Waals surface area contributed by atoms with Crippen LogP contribution in [0.3, 0.4) is 0 Å². The second-order valence-corrected chi connectivity index (χ2v) is 10.7. The van der Waals surface area contributed by atoms with E-state index in [0.29, 0.717) is 12.2 Å². The van der Waals surface area contributed by atoms with Crippen molar-refractivity contribution in [2.24, 2.45) is 5.73 Å². The molecule has 0 aliphatic heterocycles. The lowest BCUT2D eigenvalue weighted by Gasteiger charge is -2.29. The van der Waals surface area contributed by atoms with Crippen LogP contribution < -0.4 is 15.8 Å². The van der Waals surface area contributed by atoms with E-state index in [9.17, 15) is 13.2 Å². The van der Waals surface area contributed by atoms with Crippen LogP contribution in [0.4, 0.5) is 5.82 Å². The van der Waals surface area contributed by atoms with Crippen molar-refractivity contribution in [2.45, 2.75) is 23.2 Å². The van der Waals surface area contributed by atoms with Gasteiger partial charge in [-0.15, -0.1) is 0 Å². The number of hydrogen-bond acceptors (Lipinski definition) is 8. The summed E-state index contributed by atoms with van der Waals surface area (Å²) in [7, 11) is -4.23. The highest BCUT2D eigenvalue weighted by Crippen LogP contribution is 2.34. The predicted molar refractivity (Wildman–Crippen MR) is 144 cm³/mol. The van der Waals surface area contributed by atoms with Gasteiger partial charge in [-0.05, 0) is 60.0 Å². The second-order valence-electron chi connectivity index (χ2n) is 8.55. The lowest BCUT2D eigenvalue weighted by molar-refractivity contribution is -0.134. The molecule has 2 aromatic heterocycles. The lowest BCUT2D eigenvalue weighted by Crippen LogP contribution is -2.47. The molecule has 1 unspecified atom stereocenters. The van der Waals surface area contributed by atoms with E-state index in [4.69, 9.17) is 15.6 Å². The highest BCUT2D eigenvalue weighted by molar-refractivity contribution is 7.92. The van der Waals surface area contributed by atoms with E-state index in [1.807, 2.05) is 55.5 Å². The molecule has 1 atom stereocenters. The number of nitrogens with two attached hydrogens (primary N) is 1. The zero-order valence-corrected chi connectivity index (χ0v) is 21.6. The molecular weight excluding hydrogens is 504 g/mol. The van der Waals surface area contributed by atoms with Gasteiger partial charge in [0.1, 0.15) is 18.1 Å². The molecule has 4 rings (SSSR count). The minimum atomic E-state index is -4.23. The van der Waals surface area contributed by atoms with Gasteiger partial charge < -0.3 is 20.9 Å². The predicted octanol–water partition coefficient (Wildman–Crippen LogP) is 3.87. The van der Waals surface area contributed by atoms with Gasteiger partial charge in [0.05, 0.1) is 12.3 Å². The second kappa shape index (κ2) is 11.4. The average Bonchev–Trinajstić information content (AvgIpc) is 2.93. The summed E-state index contributed by atoms with van der Waals surface area (Å²) >= 11 is 0. The van der Waals surface area contributed by atoms with Gasteiger partial charge in [0.15, 0.2) is 9.90 Å². The summed E-state index contributed by atoms with van der Waals surface area (Å²) in [6.07, 6.45) is 1.29. The SMILES string of the molecule is CCOc1ccc(-c2ccc(CC(N)(c3cccc(NCC(=O)O)n3)S(=O)(=O)c3ccccn3)cc2)cc1. The van der Waals surface area contributed by atoms with Crippen LogP contribution in [0, 0.1) is 0 Å². The van der Waals surface area contributed by atoms with Gasteiger partial charge in [0.2, 0.25) is 9.84 Å². The van der Waals surface area contributed by atoms with E-state index < -0.39 is 20.7 Å². The molecule has 4 aromatic rings. The van der Waals surface area contributed by atoms with Crippen LogP contribution >= 0.6 is 0 Å². The zero-order valence-electron chi connectivity index (χ0n) is 20.7. The Bertz CT molecular complexity index is 1490. The molecule has 2 heterocycles. The Morgan fingerprint density at radius 1 is 0.974 bits per heavy atom. The number of aliphatic carboxylic acids is 1. The van der Waals surface area contributed by atoms with Crippen molar-refractivity contribution in [3.8, 4) is 16.9 Å². The first-order valence-corrected chi connectivity index (χ1v) is 13.4. The van der Waals surface area contributed by atoms with Crippen LogP contribution in [0.1, 0.15) is 18.2 Å². The Labute approximate surface area is 221 Å². The van der Waals surface area contributed by atoms with E-state index in [2.05, 4.69) is 15.3 Å². The quantitative estimate of drug-likeness (QED) is 0.262. The summed E-state index contributed by atoms with van der Waals surface area (Å²) in [6, 6.07) is 24.4. The molecule has 0 saturated heterocycles. The maximum atomic E-state index is 13.9. The molecule has 2 aromatic carbocycles. The number of benzene rings is 2. The van der Waals surface area contributed by atoms with Gasteiger partial charge in [-0.2, -0.15) is 0 Å². The maximum absolute atomic E-state index is 13.9. The third-order valence-corrected chi connectivity index (χ3v) is 8.02. The molecular formula is C28H28N4O5S. The Kier molecular flexibility index (Phi) is 8.04. The fourth-order valence-electron chi connectivity index (χ4n) is 3.98. The molecule has 0 aliphatic rings. The van der Waals surface area contributed by atoms with E-state index >= 15 is 0 Å². The molecule has 10 heteroatoms. The van der Waals surface area contributed by atoms with Crippen molar-refractivity contribution in [1.29, 1.82) is 0 Å². The van der Waals surface area contributed by atoms with Crippen molar-refractivity contribution in [1.82, 2.24) is 9.97 Å². The van der Waals surface area contributed by atoms with Gasteiger partial charge in [0, 0.05) is 12.6 Å². The van der Waals surface area contributed by atoms with E-state index in [0.717, 1.165) is 16.9 Å². The molecule has 0 amide bonds. The highest BCUT2D eigenvalue weighted by atomic mass is 32.2. The van der Waals surface area contributed by atoms with Crippen LogP contribution in [-0.2, 0) is 25.9 Å². The molecule has 0 radical (unpaired) electrons. The minimum absolute atomic E-state index is 0.0640. The number of carboxylic acid groups (broad SMARTS) is 1. The Morgan fingerprint density at radius 2 is 1.66 bits per heavy atom. The summed E-state index contributed by atoms with van der Waals surface area (Å²) < 4.78 is 33.2. The summed E-state index contributed by atoms with van der Waals surface area (Å²) in [5.41, 5.74) is 9.40. The van der Waals surface area contributed by atoms with Crippen molar-refractivity contribution >= 4 is 21.6 Å². The molecule has 196 valence electrons. The van der Waals surface area contributed by atoms with E-state index in [-0.39, 0.29) is 29.5 Å². The largest absolute Gasteiger partial charge is 0.494 e. The van der Waals surface area contributed by atoms with Gasteiger partial charge in [-0.25, -0.2) is 18.4 Å². The standard InChI is InChI=1S/C28H28N4O5S/c1-2-37-23-15-13-22(14-16-23)21-11-9-20(10-12-21)18-28(29,38(35,36)26-8-3-4-17-30-26)24-6-5-7-25(32-24)31-19-27(33)34/h3-17H,2,18-19,29H2,1H3,(H,31,32)(H,33,34). The minimum Gasteiger partial charge on any atom is -0.494 e. The van der Waals surface area contributed by atoms with E-state index in [1.165, 1.54) is 18.3 Å². The number of carbonyl (C=O) groups is 1. The number of sulfone groups is 1. The van der Waals surface area contributed by atoms with Gasteiger partial charge >= 0.3 is 5.97 Å². The number of nitrogens with one attached hydrogen (secondary N) is 1. The zero-order chi connectivity index (χ0) is 27.2. The average molecular weight is 533 g/mol. The van der Waals surface area contributed by atoms with Crippen LogP contribution in [0.15, 0.2) is 96.2 Å². The monoisotopic (exact) mass is 532 g/mol. The summed E-state index contributed by atoms with van der Waals surface area (Å²) in [5, 5.41) is 11.5. The van der Waals surface area contributed by atoms with Crippen molar-refractivity contribution in [2.75, 3.05) is 18.5 Å². The molecule has 38 heavy (non-hydrogen) atoms. The number of ether oxygens (including phenoxy) is 1. The highest BCUT2D eigenvalue weighted by Gasteiger charge is 2.45. The van der Waals surface area contributed by atoms with Crippen LogP contribution in [-0.4, -0.2) is 42.6 Å². The first-order chi connectivity index (χ1) is 18.2. The topological polar surface area (TPSA) is 144 Å². The van der Waals surface area contributed by atoms with Crippen molar-refractivity contribution in [3.05, 3.63) is 102 Å². The van der Waals surface area contributed by atoms with Crippen LogP contribution in [0.2, 0.25) is 0 Å². The van der Waals surface area contributed by atoms with Crippen molar-refractivity contribution < 1.29 is 23.1 Å². The number of pyridine rings is 2. The Balaban J connectivity index is 1.70. The molecule has 0 fully saturated rings. The fourth-order valence-corrected chi connectivity index (χ4v) is 5.56.